The molecule has 0 aliphatic carbocycles. The van der Waals surface area contributed by atoms with Gasteiger partial charge in [-0.3, -0.25) is 10.1 Å². The van der Waals surface area contributed by atoms with Gasteiger partial charge >= 0.3 is 6.18 Å². The molecule has 1 amide bonds. The van der Waals surface area contributed by atoms with E-state index in [2.05, 4.69) is 10.3 Å². The molecule has 2 aromatic carbocycles. The summed E-state index contributed by atoms with van der Waals surface area (Å²) in [5.74, 6) is -0.509. The predicted octanol–water partition coefficient (Wildman–Crippen LogP) is 4.48. The van der Waals surface area contributed by atoms with Gasteiger partial charge in [0.05, 0.1) is 16.2 Å². The van der Waals surface area contributed by atoms with E-state index in [0.29, 0.717) is 5.69 Å². The third kappa shape index (κ3) is 4.57. The number of aromatic nitrogens is 1. The second-order valence-electron chi connectivity index (χ2n) is 5.87. The number of halogens is 3. The first-order valence-electron chi connectivity index (χ1n) is 7.79. The highest BCUT2D eigenvalue weighted by atomic mass is 32.2. The first-order chi connectivity index (χ1) is 13.0. The lowest BCUT2D eigenvalue weighted by Crippen LogP contribution is -2.12. The van der Waals surface area contributed by atoms with E-state index < -0.39 is 27.5 Å². The number of sulfone groups is 1. The van der Waals surface area contributed by atoms with Crippen LogP contribution in [0.3, 0.4) is 0 Å². The van der Waals surface area contributed by atoms with Gasteiger partial charge in [0, 0.05) is 22.8 Å². The van der Waals surface area contributed by atoms with Crippen molar-refractivity contribution in [2.24, 2.45) is 0 Å². The van der Waals surface area contributed by atoms with Gasteiger partial charge in [-0.15, -0.1) is 11.3 Å². The fraction of sp³-hybridized carbons (Fsp3) is 0.111. The van der Waals surface area contributed by atoms with Gasteiger partial charge in [0.25, 0.3) is 5.91 Å². The van der Waals surface area contributed by atoms with Crippen LogP contribution in [0.25, 0.3) is 11.3 Å². The van der Waals surface area contributed by atoms with Gasteiger partial charge in [0.2, 0.25) is 0 Å². The molecule has 0 unspecified atom stereocenters. The van der Waals surface area contributed by atoms with E-state index >= 15 is 0 Å². The Morgan fingerprint density at radius 2 is 1.79 bits per heavy atom. The Balaban J connectivity index is 1.77. The van der Waals surface area contributed by atoms with Crippen molar-refractivity contribution < 1.29 is 26.4 Å². The third-order valence-corrected chi connectivity index (χ3v) is 5.64. The second kappa shape index (κ2) is 7.36. The molecule has 0 saturated heterocycles. The molecule has 5 nitrogen and oxygen atoms in total. The van der Waals surface area contributed by atoms with Gasteiger partial charge in [-0.1, -0.05) is 12.1 Å². The number of hydrogen-bond acceptors (Lipinski definition) is 5. The lowest BCUT2D eigenvalue weighted by atomic mass is 10.1. The van der Waals surface area contributed by atoms with Crippen LogP contribution in [0.5, 0.6) is 0 Å². The van der Waals surface area contributed by atoms with Crippen molar-refractivity contribution in [1.29, 1.82) is 0 Å². The molecular formula is C18H13F3N2O3S2. The molecule has 10 heteroatoms. The molecule has 1 aromatic heterocycles. The van der Waals surface area contributed by atoms with Gasteiger partial charge < -0.3 is 0 Å². The normalized spacial score (nSPS) is 12.0. The first-order valence-corrected chi connectivity index (χ1v) is 10.6. The van der Waals surface area contributed by atoms with Crippen molar-refractivity contribution >= 4 is 32.2 Å². The van der Waals surface area contributed by atoms with Crippen LogP contribution in [0.15, 0.2) is 58.8 Å². The van der Waals surface area contributed by atoms with E-state index in [1.54, 1.807) is 0 Å². The summed E-state index contributed by atoms with van der Waals surface area (Å²) in [4.78, 5) is 16.5. The Morgan fingerprint density at radius 3 is 2.39 bits per heavy atom. The largest absolute Gasteiger partial charge is 0.416 e. The highest BCUT2D eigenvalue weighted by Gasteiger charge is 2.30. The zero-order valence-corrected chi connectivity index (χ0v) is 16.0. The predicted molar refractivity (Wildman–Crippen MR) is 100 cm³/mol. The molecule has 0 radical (unpaired) electrons. The van der Waals surface area contributed by atoms with Gasteiger partial charge in [-0.25, -0.2) is 13.4 Å². The Labute approximate surface area is 162 Å². The minimum absolute atomic E-state index is 0.0881. The van der Waals surface area contributed by atoms with Gasteiger partial charge in [0.1, 0.15) is 0 Å². The molecule has 28 heavy (non-hydrogen) atoms. The second-order valence-corrected chi connectivity index (χ2v) is 8.74. The number of carbonyl (C=O) groups excluding carboxylic acids is 1. The van der Waals surface area contributed by atoms with Crippen LogP contribution in [0.1, 0.15) is 15.9 Å². The molecule has 0 fully saturated rings. The van der Waals surface area contributed by atoms with E-state index in [4.69, 9.17) is 0 Å². The minimum Gasteiger partial charge on any atom is -0.298 e. The summed E-state index contributed by atoms with van der Waals surface area (Å²) in [5.41, 5.74) is 0.0284. The highest BCUT2D eigenvalue weighted by molar-refractivity contribution is 7.90. The van der Waals surface area contributed by atoms with E-state index in [-0.39, 0.29) is 21.2 Å². The average Bonchev–Trinajstić information content (AvgIpc) is 3.09. The lowest BCUT2D eigenvalue weighted by molar-refractivity contribution is -0.137. The standard InChI is InChI=1S/C18H13F3N2O3S2/c1-28(25,26)14-7-5-11(6-8-14)16(24)23-17-22-15(10-27-17)12-3-2-4-13(9-12)18(19,20)21/h2-10H,1H3,(H,22,23,24). The number of rotatable bonds is 4. The topological polar surface area (TPSA) is 76.1 Å². The molecule has 3 aromatic rings. The quantitative estimate of drug-likeness (QED) is 0.667. The molecule has 0 aliphatic rings. The Bertz CT molecular complexity index is 1120. The number of amides is 1. The molecule has 0 spiro atoms. The molecule has 1 N–H and O–H groups in total. The van der Waals surface area contributed by atoms with Crippen LogP contribution in [0, 0.1) is 0 Å². The Kier molecular flexibility index (Phi) is 5.26. The van der Waals surface area contributed by atoms with Crippen molar-refractivity contribution in [2.45, 2.75) is 11.1 Å². The number of carbonyl (C=O) groups is 1. The molecule has 1 heterocycles. The van der Waals surface area contributed by atoms with Crippen molar-refractivity contribution in [3.63, 3.8) is 0 Å². The number of nitrogens with one attached hydrogen (secondary N) is 1. The minimum atomic E-state index is -4.46. The van der Waals surface area contributed by atoms with Crippen LogP contribution in [-0.2, 0) is 16.0 Å². The van der Waals surface area contributed by atoms with Crippen molar-refractivity contribution in [2.75, 3.05) is 11.6 Å². The third-order valence-electron chi connectivity index (χ3n) is 3.75. The van der Waals surface area contributed by atoms with E-state index in [9.17, 15) is 26.4 Å². The lowest BCUT2D eigenvalue weighted by Gasteiger charge is -2.07. The fourth-order valence-corrected chi connectivity index (χ4v) is 3.69. The summed E-state index contributed by atoms with van der Waals surface area (Å²) >= 11 is 1.07. The molecule has 0 atom stereocenters. The summed E-state index contributed by atoms with van der Waals surface area (Å²) in [5, 5.41) is 4.30. The SMILES string of the molecule is CS(=O)(=O)c1ccc(C(=O)Nc2nc(-c3cccc(C(F)(F)F)c3)cs2)cc1. The summed E-state index contributed by atoms with van der Waals surface area (Å²) in [7, 11) is -3.37. The average molecular weight is 426 g/mol. The Hall–Kier alpha value is -2.72. The number of nitrogens with zero attached hydrogens (tertiary/aromatic N) is 1. The molecule has 0 bridgehead atoms. The van der Waals surface area contributed by atoms with Crippen molar-refractivity contribution in [3.05, 3.63) is 65.0 Å². The van der Waals surface area contributed by atoms with Crippen LogP contribution < -0.4 is 5.32 Å². The van der Waals surface area contributed by atoms with Crippen molar-refractivity contribution in [1.82, 2.24) is 4.98 Å². The highest BCUT2D eigenvalue weighted by Crippen LogP contribution is 2.33. The number of hydrogen-bond donors (Lipinski definition) is 1. The smallest absolute Gasteiger partial charge is 0.298 e. The van der Waals surface area contributed by atoms with E-state index in [1.165, 1.54) is 41.8 Å². The monoisotopic (exact) mass is 426 g/mol. The number of benzene rings is 2. The maximum atomic E-state index is 12.8. The summed E-state index contributed by atoms with van der Waals surface area (Å²) in [6, 6.07) is 10.1. The number of thiazole rings is 1. The molecule has 0 aliphatic heterocycles. The summed E-state index contributed by atoms with van der Waals surface area (Å²) in [6.07, 6.45) is -3.39. The number of alkyl halides is 3. The zero-order chi connectivity index (χ0) is 20.5. The van der Waals surface area contributed by atoms with Crippen LogP contribution in [0.4, 0.5) is 18.3 Å². The summed E-state index contributed by atoms with van der Waals surface area (Å²) in [6.45, 7) is 0. The molecular weight excluding hydrogens is 413 g/mol. The molecule has 3 rings (SSSR count). The van der Waals surface area contributed by atoms with Crippen LogP contribution in [-0.4, -0.2) is 25.6 Å². The molecule has 0 saturated carbocycles. The summed E-state index contributed by atoms with van der Waals surface area (Å²) < 4.78 is 61.4. The van der Waals surface area contributed by atoms with Gasteiger partial charge in [0.15, 0.2) is 15.0 Å². The Morgan fingerprint density at radius 1 is 1.11 bits per heavy atom. The first kappa shape index (κ1) is 20.0. The zero-order valence-electron chi connectivity index (χ0n) is 14.3. The van der Waals surface area contributed by atoms with Gasteiger partial charge in [-0.2, -0.15) is 13.2 Å². The maximum Gasteiger partial charge on any atom is 0.416 e. The van der Waals surface area contributed by atoms with Gasteiger partial charge in [-0.05, 0) is 36.4 Å². The number of anilines is 1. The fourth-order valence-electron chi connectivity index (χ4n) is 2.34. The van der Waals surface area contributed by atoms with Crippen LogP contribution in [0.2, 0.25) is 0 Å². The van der Waals surface area contributed by atoms with E-state index in [0.717, 1.165) is 29.7 Å². The van der Waals surface area contributed by atoms with Crippen molar-refractivity contribution in [3.8, 4) is 11.3 Å². The maximum absolute atomic E-state index is 12.8. The van der Waals surface area contributed by atoms with E-state index in [1.807, 2.05) is 0 Å². The van der Waals surface area contributed by atoms with Crippen LogP contribution >= 0.6 is 11.3 Å². The molecule has 146 valence electrons.